The summed E-state index contributed by atoms with van der Waals surface area (Å²) in [6.07, 6.45) is 2.19. The van der Waals surface area contributed by atoms with E-state index in [0.29, 0.717) is 6.07 Å². The van der Waals surface area contributed by atoms with Gasteiger partial charge in [-0.1, -0.05) is 0 Å². The minimum absolute atomic E-state index is 0.199. The van der Waals surface area contributed by atoms with Crippen LogP contribution in [0, 0.1) is 0 Å². The van der Waals surface area contributed by atoms with Crippen molar-refractivity contribution in [2.45, 2.75) is 9.79 Å². The lowest BCUT2D eigenvalue weighted by molar-refractivity contribution is -0.0222. The van der Waals surface area contributed by atoms with E-state index in [2.05, 4.69) is 9.58 Å². The molecule has 0 radical (unpaired) electrons. The molecule has 0 aromatic heterocycles. The van der Waals surface area contributed by atoms with Crippen molar-refractivity contribution in [2.75, 3.05) is 0 Å². The fourth-order valence-electron chi connectivity index (χ4n) is 1.90. The van der Waals surface area contributed by atoms with E-state index in [4.69, 9.17) is 15.6 Å². The van der Waals surface area contributed by atoms with Gasteiger partial charge in [0.2, 0.25) is 0 Å². The Balaban J connectivity index is 3.05. The van der Waals surface area contributed by atoms with Gasteiger partial charge >= 0.3 is 11.4 Å². The zero-order valence-electron chi connectivity index (χ0n) is 10.4. The van der Waals surface area contributed by atoms with Gasteiger partial charge in [0.25, 0.3) is 20.2 Å². The van der Waals surface area contributed by atoms with Gasteiger partial charge in [-0.05, 0) is 18.2 Å². The SMILES string of the molecule is [N-]=[N+]=C1C=Cc2c(cc(S(=O)(=O)O)cc2S(=O)(=O)O)C1=[N+]=[N-]. The fraction of sp³-hybridized carbons (Fsp3) is 0. The molecule has 2 N–H and O–H groups in total. The summed E-state index contributed by atoms with van der Waals surface area (Å²) in [5.41, 5.74) is 16.5. The van der Waals surface area contributed by atoms with Gasteiger partial charge in [-0.15, -0.1) is 0 Å². The Hall–Kier alpha value is -2.46. The van der Waals surface area contributed by atoms with Gasteiger partial charge in [0.1, 0.15) is 4.90 Å². The molecule has 0 amide bonds. The van der Waals surface area contributed by atoms with Crippen LogP contribution in [0.1, 0.15) is 11.1 Å². The van der Waals surface area contributed by atoms with E-state index in [-0.39, 0.29) is 16.8 Å². The van der Waals surface area contributed by atoms with Crippen molar-refractivity contribution >= 4 is 37.7 Å². The van der Waals surface area contributed by atoms with Crippen molar-refractivity contribution in [1.29, 1.82) is 0 Å². The Labute approximate surface area is 124 Å². The summed E-state index contributed by atoms with van der Waals surface area (Å²) in [5, 5.41) is 0. The third-order valence-corrected chi connectivity index (χ3v) is 4.53. The average molecular weight is 342 g/mol. The minimum Gasteiger partial charge on any atom is -0.360 e. The quantitative estimate of drug-likeness (QED) is 0.429. The van der Waals surface area contributed by atoms with Crippen molar-refractivity contribution in [3.8, 4) is 0 Å². The third-order valence-electron chi connectivity index (χ3n) is 2.80. The molecule has 0 bridgehead atoms. The van der Waals surface area contributed by atoms with E-state index < -0.39 is 35.7 Å². The van der Waals surface area contributed by atoms with Crippen molar-refractivity contribution < 1.29 is 35.5 Å². The molecule has 0 fully saturated rings. The van der Waals surface area contributed by atoms with Crippen LogP contribution in [0.3, 0.4) is 0 Å². The average Bonchev–Trinajstić information content (AvgIpc) is 2.42. The van der Waals surface area contributed by atoms with Crippen molar-refractivity contribution in [3.63, 3.8) is 0 Å². The summed E-state index contributed by atoms with van der Waals surface area (Å²) in [4.78, 5) is 3.93. The first kappa shape index (κ1) is 15.9. The molecule has 0 unspecified atom stereocenters. The normalized spacial score (nSPS) is 14.3. The zero-order valence-corrected chi connectivity index (χ0v) is 12.1. The molecule has 1 aliphatic carbocycles. The topological polar surface area (TPSA) is 182 Å². The molecule has 114 valence electrons. The highest BCUT2D eigenvalue weighted by atomic mass is 32.2. The summed E-state index contributed by atoms with van der Waals surface area (Å²) < 4.78 is 63.5. The van der Waals surface area contributed by atoms with Crippen LogP contribution in [0.5, 0.6) is 0 Å². The van der Waals surface area contributed by atoms with Gasteiger partial charge < -0.3 is 11.1 Å². The number of fused-ring (bicyclic) bond motifs is 1. The van der Waals surface area contributed by atoms with Crippen LogP contribution in [0.25, 0.3) is 17.1 Å². The zero-order chi connectivity index (χ0) is 16.7. The lowest BCUT2D eigenvalue weighted by Gasteiger charge is -2.10. The highest BCUT2D eigenvalue weighted by Crippen LogP contribution is 2.28. The summed E-state index contributed by atoms with van der Waals surface area (Å²) in [7, 11) is -9.66. The van der Waals surface area contributed by atoms with Crippen molar-refractivity contribution in [2.24, 2.45) is 0 Å². The Morgan fingerprint density at radius 3 is 2.00 bits per heavy atom. The molecule has 0 heterocycles. The first-order valence-electron chi connectivity index (χ1n) is 5.35. The molecule has 1 aliphatic rings. The lowest BCUT2D eigenvalue weighted by Crippen LogP contribution is -2.22. The molecule has 2 rings (SSSR count). The molecule has 10 nitrogen and oxygen atoms in total. The fourth-order valence-corrected chi connectivity index (χ4v) is 3.24. The maximum atomic E-state index is 11.4. The Bertz CT molecular complexity index is 1030. The number of hydrogen-bond acceptors (Lipinski definition) is 4. The number of nitrogens with zero attached hydrogens (tertiary/aromatic N) is 4. The molecule has 22 heavy (non-hydrogen) atoms. The van der Waals surface area contributed by atoms with Crippen LogP contribution in [0.2, 0.25) is 0 Å². The van der Waals surface area contributed by atoms with Gasteiger partial charge in [0.05, 0.1) is 10.5 Å². The van der Waals surface area contributed by atoms with Gasteiger partial charge in [-0.2, -0.15) is 26.4 Å². The number of benzene rings is 1. The van der Waals surface area contributed by atoms with Gasteiger partial charge in [0, 0.05) is 11.6 Å². The minimum atomic E-state index is -4.85. The largest absolute Gasteiger partial charge is 0.410 e. The first-order valence-corrected chi connectivity index (χ1v) is 8.23. The van der Waals surface area contributed by atoms with Crippen LogP contribution < -0.4 is 0 Å². The standard InChI is InChI=1S/C10H6N4O6S2/c11-13-8-2-1-6-7(10(8)14-12)3-5(21(15,16)17)4-9(6)22(18,19)20/h1-4H,(H,15,16,17)(H,18,19,20). The molecule has 1 aromatic carbocycles. The van der Waals surface area contributed by atoms with E-state index >= 15 is 0 Å². The van der Waals surface area contributed by atoms with Crippen LogP contribution in [0.15, 0.2) is 28.0 Å². The summed E-state index contributed by atoms with van der Waals surface area (Å²) >= 11 is 0. The second-order valence-corrected chi connectivity index (χ2v) is 6.91. The van der Waals surface area contributed by atoms with Gasteiger partial charge in [0.15, 0.2) is 0 Å². The van der Waals surface area contributed by atoms with Crippen molar-refractivity contribution in [3.05, 3.63) is 40.4 Å². The molecular weight excluding hydrogens is 336 g/mol. The van der Waals surface area contributed by atoms with Gasteiger partial charge in [-0.3, -0.25) is 9.11 Å². The highest BCUT2D eigenvalue weighted by Gasteiger charge is 2.36. The molecule has 0 atom stereocenters. The van der Waals surface area contributed by atoms with Crippen LogP contribution in [-0.2, 0) is 20.2 Å². The van der Waals surface area contributed by atoms with Gasteiger partial charge in [-0.25, -0.2) is 0 Å². The second kappa shape index (κ2) is 5.07. The lowest BCUT2D eigenvalue weighted by atomic mass is 9.94. The highest BCUT2D eigenvalue weighted by molar-refractivity contribution is 7.86. The van der Waals surface area contributed by atoms with E-state index in [1.165, 1.54) is 0 Å². The summed E-state index contributed by atoms with van der Waals surface area (Å²) in [6.45, 7) is 0. The molecule has 0 saturated carbocycles. The van der Waals surface area contributed by atoms with E-state index in [1.807, 2.05) is 0 Å². The Morgan fingerprint density at radius 1 is 0.909 bits per heavy atom. The third kappa shape index (κ3) is 2.65. The Kier molecular flexibility index (Phi) is 3.67. The molecule has 12 heteroatoms. The van der Waals surface area contributed by atoms with Crippen molar-refractivity contribution in [1.82, 2.24) is 0 Å². The summed E-state index contributed by atoms with van der Waals surface area (Å²) in [6, 6.07) is 1.35. The molecular formula is C10H6N4O6S2. The maximum Gasteiger partial charge on any atom is 0.410 e. The first-order chi connectivity index (χ1) is 10.1. The predicted octanol–water partition coefficient (Wildman–Crippen LogP) is -0.103. The number of allylic oxidation sites excluding steroid dienone is 1. The monoisotopic (exact) mass is 342 g/mol. The van der Waals surface area contributed by atoms with E-state index in [9.17, 15) is 21.4 Å². The molecule has 0 saturated heterocycles. The number of hydrogen-bond donors (Lipinski definition) is 2. The maximum absolute atomic E-state index is 11.4. The second-order valence-electron chi connectivity index (χ2n) is 4.10. The van der Waals surface area contributed by atoms with Crippen LogP contribution in [0.4, 0.5) is 0 Å². The smallest absolute Gasteiger partial charge is 0.360 e. The molecule has 0 aliphatic heterocycles. The predicted molar refractivity (Wildman–Crippen MR) is 71.5 cm³/mol. The molecule has 0 spiro atoms. The van der Waals surface area contributed by atoms with Crippen LogP contribution >= 0.6 is 0 Å². The van der Waals surface area contributed by atoms with Crippen LogP contribution in [-0.4, -0.2) is 46.9 Å². The molecule has 1 aromatic rings. The Morgan fingerprint density at radius 2 is 1.55 bits per heavy atom. The number of rotatable bonds is 2. The summed E-state index contributed by atoms with van der Waals surface area (Å²) in [5.74, 6) is 0. The van der Waals surface area contributed by atoms with E-state index in [1.54, 1.807) is 0 Å². The van der Waals surface area contributed by atoms with E-state index in [0.717, 1.165) is 18.2 Å².